The van der Waals surface area contributed by atoms with Crippen molar-refractivity contribution < 1.29 is 26.3 Å². The van der Waals surface area contributed by atoms with Crippen molar-refractivity contribution in [3.63, 3.8) is 0 Å². The van der Waals surface area contributed by atoms with Gasteiger partial charge in [0.25, 0.3) is 0 Å². The van der Waals surface area contributed by atoms with E-state index in [-0.39, 0.29) is 23.3 Å². The van der Waals surface area contributed by atoms with Crippen LogP contribution < -0.4 is 0 Å². The highest BCUT2D eigenvalue weighted by atomic mass is 19.4. The molecule has 0 bridgehead atoms. The van der Waals surface area contributed by atoms with E-state index < -0.39 is 30.1 Å². The van der Waals surface area contributed by atoms with E-state index in [1.165, 1.54) is 0 Å². The van der Waals surface area contributed by atoms with Crippen LogP contribution in [0.25, 0.3) is 0 Å². The Balaban J connectivity index is 2.33. The molecular weight excluding hydrogens is 318 g/mol. The summed E-state index contributed by atoms with van der Waals surface area (Å²) in [6, 6.07) is 0. The molecular formula is C17H22F6. The first-order valence-electron chi connectivity index (χ1n) is 7.80. The second-order valence-corrected chi connectivity index (χ2v) is 7.35. The standard InChI is InChI=1S/C17H22F6/c1-9-5-13-10(2)6-11(3)15(13,8-9)12(4)7-14(16(18,19)20)17(21,22)23/h9-10,13-14H,3-8H2,1-2H3. The van der Waals surface area contributed by atoms with Gasteiger partial charge in [-0.15, -0.1) is 0 Å². The summed E-state index contributed by atoms with van der Waals surface area (Å²) in [7, 11) is 0. The van der Waals surface area contributed by atoms with Crippen LogP contribution in [-0.4, -0.2) is 12.4 Å². The number of hydrogen-bond acceptors (Lipinski definition) is 0. The van der Waals surface area contributed by atoms with E-state index >= 15 is 0 Å². The van der Waals surface area contributed by atoms with Gasteiger partial charge in [0.1, 0.15) is 0 Å². The molecule has 0 N–H and O–H groups in total. The fourth-order valence-corrected chi connectivity index (χ4v) is 4.76. The van der Waals surface area contributed by atoms with Gasteiger partial charge < -0.3 is 0 Å². The minimum Gasteiger partial charge on any atom is -0.170 e. The first-order valence-corrected chi connectivity index (χ1v) is 7.80. The Kier molecular flexibility index (Phi) is 4.44. The van der Waals surface area contributed by atoms with Crippen LogP contribution >= 0.6 is 0 Å². The predicted octanol–water partition coefficient (Wildman–Crippen LogP) is 6.30. The largest absolute Gasteiger partial charge is 0.400 e. The summed E-state index contributed by atoms with van der Waals surface area (Å²) in [6.07, 6.45) is -9.71. The highest BCUT2D eigenvalue weighted by Gasteiger charge is 2.60. The van der Waals surface area contributed by atoms with Gasteiger partial charge in [-0.25, -0.2) is 0 Å². The summed E-state index contributed by atoms with van der Waals surface area (Å²) < 4.78 is 77.2. The van der Waals surface area contributed by atoms with Crippen LogP contribution in [0.15, 0.2) is 24.3 Å². The lowest BCUT2D eigenvalue weighted by Gasteiger charge is -2.37. The number of rotatable bonds is 3. The second kappa shape index (κ2) is 5.55. The molecule has 0 nitrogen and oxygen atoms in total. The molecule has 2 rings (SSSR count). The Labute approximate surface area is 132 Å². The summed E-state index contributed by atoms with van der Waals surface area (Å²) in [5, 5.41) is 0. The number of halogens is 6. The summed E-state index contributed by atoms with van der Waals surface area (Å²) in [6.45, 7) is 11.7. The molecule has 132 valence electrons. The van der Waals surface area contributed by atoms with Gasteiger partial charge in [-0.1, -0.05) is 38.2 Å². The molecule has 4 unspecified atom stereocenters. The van der Waals surface area contributed by atoms with E-state index in [0.717, 1.165) is 12.0 Å². The lowest BCUT2D eigenvalue weighted by molar-refractivity contribution is -0.283. The van der Waals surface area contributed by atoms with E-state index in [9.17, 15) is 26.3 Å². The van der Waals surface area contributed by atoms with Crippen LogP contribution in [0.3, 0.4) is 0 Å². The maximum absolute atomic E-state index is 12.9. The van der Waals surface area contributed by atoms with Crippen LogP contribution in [0.5, 0.6) is 0 Å². The van der Waals surface area contributed by atoms with Crippen LogP contribution in [-0.2, 0) is 0 Å². The Bertz CT molecular complexity index is 486. The van der Waals surface area contributed by atoms with E-state index in [1.807, 2.05) is 13.8 Å². The Morgan fingerprint density at radius 2 is 1.70 bits per heavy atom. The van der Waals surface area contributed by atoms with E-state index in [4.69, 9.17) is 0 Å². The van der Waals surface area contributed by atoms with Gasteiger partial charge in [0.05, 0.1) is 0 Å². The molecule has 0 amide bonds. The van der Waals surface area contributed by atoms with E-state index in [0.29, 0.717) is 12.8 Å². The molecule has 23 heavy (non-hydrogen) atoms. The topological polar surface area (TPSA) is 0 Å². The van der Waals surface area contributed by atoms with Crippen LogP contribution in [0.2, 0.25) is 0 Å². The number of fused-ring (bicyclic) bond motifs is 1. The van der Waals surface area contributed by atoms with Crippen LogP contribution in [0.4, 0.5) is 26.3 Å². The fraction of sp³-hybridized carbons (Fsp3) is 0.765. The molecule has 6 heteroatoms. The SMILES string of the molecule is C=C1CC(C)C2CC(C)CC12C(=C)CC(C(F)(F)F)C(F)(F)F. The molecule has 0 radical (unpaired) electrons. The molecule has 0 heterocycles. The average molecular weight is 340 g/mol. The van der Waals surface area contributed by atoms with Crippen molar-refractivity contribution in [2.45, 2.75) is 51.9 Å². The lowest BCUT2D eigenvalue weighted by Crippen LogP contribution is -2.39. The zero-order valence-corrected chi connectivity index (χ0v) is 13.3. The van der Waals surface area contributed by atoms with Gasteiger partial charge >= 0.3 is 12.4 Å². The Hall–Kier alpha value is -0.940. The minimum absolute atomic E-state index is 0.0552. The van der Waals surface area contributed by atoms with Gasteiger partial charge in [0.2, 0.25) is 0 Å². The monoisotopic (exact) mass is 340 g/mol. The van der Waals surface area contributed by atoms with Crippen molar-refractivity contribution in [3.05, 3.63) is 24.3 Å². The summed E-state index contributed by atoms with van der Waals surface area (Å²) in [4.78, 5) is 0. The lowest BCUT2D eigenvalue weighted by atomic mass is 9.68. The molecule has 4 atom stereocenters. The van der Waals surface area contributed by atoms with Gasteiger partial charge in [-0.2, -0.15) is 26.3 Å². The smallest absolute Gasteiger partial charge is 0.170 e. The zero-order valence-electron chi connectivity index (χ0n) is 13.3. The fourth-order valence-electron chi connectivity index (χ4n) is 4.76. The first kappa shape index (κ1) is 18.4. The van der Waals surface area contributed by atoms with E-state index in [1.54, 1.807) is 0 Å². The molecule has 0 spiro atoms. The highest BCUT2D eigenvalue weighted by molar-refractivity contribution is 5.35. The van der Waals surface area contributed by atoms with Gasteiger partial charge in [0, 0.05) is 5.41 Å². The predicted molar refractivity (Wildman–Crippen MR) is 76.6 cm³/mol. The molecule has 0 aromatic rings. The quantitative estimate of drug-likeness (QED) is 0.418. The summed E-state index contributed by atoms with van der Waals surface area (Å²) in [5.74, 6) is -2.82. The third kappa shape index (κ3) is 3.05. The van der Waals surface area contributed by atoms with Gasteiger partial charge in [-0.05, 0) is 43.4 Å². The maximum Gasteiger partial charge on any atom is 0.400 e. The van der Waals surface area contributed by atoms with Crippen molar-refractivity contribution in [3.8, 4) is 0 Å². The third-order valence-corrected chi connectivity index (χ3v) is 5.72. The highest BCUT2D eigenvalue weighted by Crippen LogP contribution is 2.65. The molecule has 2 fully saturated rings. The number of hydrogen-bond donors (Lipinski definition) is 0. The Morgan fingerprint density at radius 1 is 1.17 bits per heavy atom. The summed E-state index contributed by atoms with van der Waals surface area (Å²) in [5.41, 5.74) is 0.0569. The average Bonchev–Trinajstić information content (AvgIpc) is 2.81. The molecule has 0 aromatic heterocycles. The second-order valence-electron chi connectivity index (χ2n) is 7.35. The van der Waals surface area contributed by atoms with Crippen LogP contribution in [0, 0.1) is 29.1 Å². The molecule has 0 aliphatic heterocycles. The molecule has 0 aromatic carbocycles. The van der Waals surface area contributed by atoms with Gasteiger partial charge in [0.15, 0.2) is 5.92 Å². The number of allylic oxidation sites excluding steroid dienone is 2. The van der Waals surface area contributed by atoms with Crippen molar-refractivity contribution >= 4 is 0 Å². The molecule has 2 aliphatic rings. The minimum atomic E-state index is -5.32. The molecule has 2 saturated carbocycles. The van der Waals surface area contributed by atoms with Crippen LogP contribution in [0.1, 0.15) is 39.5 Å². The zero-order chi connectivity index (χ0) is 17.8. The van der Waals surface area contributed by atoms with Crippen molar-refractivity contribution in [2.75, 3.05) is 0 Å². The van der Waals surface area contributed by atoms with Crippen molar-refractivity contribution in [2.24, 2.45) is 29.1 Å². The maximum atomic E-state index is 12.9. The number of alkyl halides is 6. The van der Waals surface area contributed by atoms with E-state index in [2.05, 4.69) is 13.2 Å². The van der Waals surface area contributed by atoms with Crippen molar-refractivity contribution in [1.82, 2.24) is 0 Å². The van der Waals surface area contributed by atoms with Crippen molar-refractivity contribution in [1.29, 1.82) is 0 Å². The Morgan fingerprint density at radius 3 is 2.17 bits per heavy atom. The third-order valence-electron chi connectivity index (χ3n) is 5.72. The molecule has 0 saturated heterocycles. The normalized spacial score (nSPS) is 35.0. The first-order chi connectivity index (χ1) is 10.3. The summed E-state index contributed by atoms with van der Waals surface area (Å²) >= 11 is 0. The van der Waals surface area contributed by atoms with Gasteiger partial charge in [-0.3, -0.25) is 0 Å². The molecule has 2 aliphatic carbocycles.